The molecule has 1 aliphatic carbocycles. The summed E-state index contributed by atoms with van der Waals surface area (Å²) in [6.45, 7) is 5.05. The molecule has 3 rings (SSSR count). The van der Waals surface area contributed by atoms with Gasteiger partial charge in [0, 0.05) is 19.6 Å². The maximum Gasteiger partial charge on any atom is 0.0601 e. The zero-order chi connectivity index (χ0) is 13.1. The summed E-state index contributed by atoms with van der Waals surface area (Å²) in [5.41, 5.74) is 4.38. The summed E-state index contributed by atoms with van der Waals surface area (Å²) in [5, 5.41) is 3.44. The highest BCUT2D eigenvalue weighted by Gasteiger charge is 2.24. The Balaban J connectivity index is 1.68. The van der Waals surface area contributed by atoms with Crippen molar-refractivity contribution < 1.29 is 0 Å². The molecule has 0 unspecified atom stereocenters. The number of nitrogens with one attached hydrogen (secondary N) is 1. The van der Waals surface area contributed by atoms with Crippen LogP contribution in [0.5, 0.6) is 0 Å². The van der Waals surface area contributed by atoms with Gasteiger partial charge in [0.15, 0.2) is 0 Å². The Morgan fingerprint density at radius 3 is 3.00 bits per heavy atom. The average Bonchev–Trinajstić information content (AvgIpc) is 3.23. The fourth-order valence-corrected chi connectivity index (χ4v) is 2.87. The van der Waals surface area contributed by atoms with Crippen molar-refractivity contribution in [1.82, 2.24) is 10.2 Å². The van der Waals surface area contributed by atoms with E-state index in [4.69, 9.17) is 6.42 Å². The second kappa shape index (κ2) is 5.77. The molecule has 1 aliphatic heterocycles. The summed E-state index contributed by atoms with van der Waals surface area (Å²) < 4.78 is 0. The molecule has 2 heteroatoms. The molecule has 0 spiro atoms. The highest BCUT2D eigenvalue weighted by molar-refractivity contribution is 5.33. The molecule has 0 bridgehead atoms. The van der Waals surface area contributed by atoms with Gasteiger partial charge in [-0.25, -0.2) is 0 Å². The largest absolute Gasteiger partial charge is 0.312 e. The van der Waals surface area contributed by atoms with Gasteiger partial charge in [0.1, 0.15) is 0 Å². The van der Waals surface area contributed by atoms with Gasteiger partial charge in [0.05, 0.1) is 6.54 Å². The van der Waals surface area contributed by atoms with Crippen molar-refractivity contribution in [1.29, 1.82) is 0 Å². The molecule has 1 aromatic carbocycles. The summed E-state index contributed by atoms with van der Waals surface area (Å²) >= 11 is 0. The Bertz CT molecular complexity index is 483. The zero-order valence-electron chi connectivity index (χ0n) is 11.5. The minimum Gasteiger partial charge on any atom is -0.312 e. The van der Waals surface area contributed by atoms with E-state index in [2.05, 4.69) is 34.3 Å². The molecule has 0 radical (unpaired) electrons. The lowest BCUT2D eigenvalue weighted by Crippen LogP contribution is -2.27. The highest BCUT2D eigenvalue weighted by Crippen LogP contribution is 2.30. The van der Waals surface area contributed by atoms with Gasteiger partial charge >= 0.3 is 0 Å². The fraction of sp³-hybridized carbons (Fsp3) is 0.529. The second-order valence-corrected chi connectivity index (χ2v) is 5.85. The van der Waals surface area contributed by atoms with E-state index in [-0.39, 0.29) is 0 Å². The maximum absolute atomic E-state index is 5.49. The van der Waals surface area contributed by atoms with Gasteiger partial charge < -0.3 is 5.32 Å². The first-order chi connectivity index (χ1) is 9.35. The summed E-state index contributed by atoms with van der Waals surface area (Å²) in [7, 11) is 0. The van der Waals surface area contributed by atoms with Gasteiger partial charge in [-0.05, 0) is 48.4 Å². The predicted molar refractivity (Wildman–Crippen MR) is 78.7 cm³/mol. The van der Waals surface area contributed by atoms with Gasteiger partial charge in [0.2, 0.25) is 0 Å². The van der Waals surface area contributed by atoms with E-state index in [1.54, 1.807) is 0 Å². The van der Waals surface area contributed by atoms with Crippen LogP contribution in [0.3, 0.4) is 0 Å². The van der Waals surface area contributed by atoms with Crippen molar-refractivity contribution in [2.45, 2.75) is 32.4 Å². The lowest BCUT2D eigenvalue weighted by Gasteiger charge is -2.22. The third kappa shape index (κ3) is 3.37. The standard InChI is InChI=1S/C17H22N2/c1-2-9-19(12-14-3-4-14)13-15-5-6-16-7-8-18-11-17(16)10-15/h1,5-6,10,14,18H,3-4,7-9,11-13H2. The van der Waals surface area contributed by atoms with Crippen LogP contribution in [0.4, 0.5) is 0 Å². The van der Waals surface area contributed by atoms with Gasteiger partial charge in [-0.2, -0.15) is 0 Å². The van der Waals surface area contributed by atoms with Crippen LogP contribution in [0.1, 0.15) is 29.5 Å². The topological polar surface area (TPSA) is 15.3 Å². The minimum absolute atomic E-state index is 0.770. The Morgan fingerprint density at radius 2 is 2.21 bits per heavy atom. The van der Waals surface area contributed by atoms with Crippen LogP contribution in [-0.2, 0) is 19.5 Å². The van der Waals surface area contributed by atoms with Crippen LogP contribution in [0.2, 0.25) is 0 Å². The van der Waals surface area contributed by atoms with Crippen molar-refractivity contribution in [2.75, 3.05) is 19.6 Å². The van der Waals surface area contributed by atoms with Gasteiger partial charge in [0.25, 0.3) is 0 Å². The molecule has 0 atom stereocenters. The quantitative estimate of drug-likeness (QED) is 0.810. The van der Waals surface area contributed by atoms with Crippen molar-refractivity contribution in [3.8, 4) is 12.3 Å². The number of nitrogens with zero attached hydrogens (tertiary/aromatic N) is 1. The third-order valence-corrected chi connectivity index (χ3v) is 4.09. The lowest BCUT2D eigenvalue weighted by atomic mass is 9.98. The van der Waals surface area contributed by atoms with Crippen LogP contribution >= 0.6 is 0 Å². The Kier molecular flexibility index (Phi) is 3.87. The van der Waals surface area contributed by atoms with Gasteiger partial charge in [-0.3, -0.25) is 4.90 Å². The molecule has 19 heavy (non-hydrogen) atoms. The van der Waals surface area contributed by atoms with Crippen molar-refractivity contribution in [3.63, 3.8) is 0 Å². The predicted octanol–water partition coefficient (Wildman–Crippen LogP) is 2.18. The van der Waals surface area contributed by atoms with E-state index in [9.17, 15) is 0 Å². The molecule has 1 saturated carbocycles. The monoisotopic (exact) mass is 254 g/mol. The number of rotatable bonds is 5. The Morgan fingerprint density at radius 1 is 1.32 bits per heavy atom. The molecule has 2 nitrogen and oxygen atoms in total. The number of fused-ring (bicyclic) bond motifs is 1. The SMILES string of the molecule is C#CCN(Cc1ccc2c(c1)CNCC2)CC1CC1. The molecule has 0 aromatic heterocycles. The van der Waals surface area contributed by atoms with Crippen LogP contribution in [0, 0.1) is 18.3 Å². The molecule has 1 aromatic rings. The van der Waals surface area contributed by atoms with Crippen molar-refractivity contribution >= 4 is 0 Å². The molecule has 2 aliphatic rings. The molecule has 1 heterocycles. The first kappa shape index (κ1) is 12.7. The van der Waals surface area contributed by atoms with Gasteiger partial charge in [-0.1, -0.05) is 24.1 Å². The highest BCUT2D eigenvalue weighted by atomic mass is 15.1. The van der Waals surface area contributed by atoms with Crippen LogP contribution in [0.15, 0.2) is 18.2 Å². The van der Waals surface area contributed by atoms with Crippen LogP contribution < -0.4 is 5.32 Å². The van der Waals surface area contributed by atoms with E-state index in [0.717, 1.165) is 38.5 Å². The molecule has 0 saturated heterocycles. The maximum atomic E-state index is 5.49. The lowest BCUT2D eigenvalue weighted by molar-refractivity contribution is 0.286. The Labute approximate surface area is 116 Å². The number of hydrogen-bond acceptors (Lipinski definition) is 2. The minimum atomic E-state index is 0.770. The van der Waals surface area contributed by atoms with E-state index >= 15 is 0 Å². The number of terminal acetylenes is 1. The smallest absolute Gasteiger partial charge is 0.0601 e. The summed E-state index contributed by atoms with van der Waals surface area (Å²) in [6.07, 6.45) is 9.42. The Hall–Kier alpha value is -1.30. The van der Waals surface area contributed by atoms with E-state index in [0.29, 0.717) is 0 Å². The summed E-state index contributed by atoms with van der Waals surface area (Å²) in [6, 6.07) is 6.94. The molecular weight excluding hydrogens is 232 g/mol. The molecule has 1 fully saturated rings. The normalized spacial score (nSPS) is 18.1. The second-order valence-electron chi connectivity index (χ2n) is 5.85. The molecular formula is C17H22N2. The van der Waals surface area contributed by atoms with E-state index in [1.807, 2.05) is 0 Å². The van der Waals surface area contributed by atoms with Crippen molar-refractivity contribution in [3.05, 3.63) is 34.9 Å². The summed E-state index contributed by atoms with van der Waals surface area (Å²) in [4.78, 5) is 2.41. The summed E-state index contributed by atoms with van der Waals surface area (Å²) in [5.74, 6) is 3.69. The first-order valence-corrected chi connectivity index (χ1v) is 7.32. The molecule has 100 valence electrons. The molecule has 0 amide bonds. The first-order valence-electron chi connectivity index (χ1n) is 7.32. The van der Waals surface area contributed by atoms with Gasteiger partial charge in [-0.15, -0.1) is 6.42 Å². The van der Waals surface area contributed by atoms with Crippen molar-refractivity contribution in [2.24, 2.45) is 5.92 Å². The number of hydrogen-bond donors (Lipinski definition) is 1. The van der Waals surface area contributed by atoms with Crippen LogP contribution in [-0.4, -0.2) is 24.5 Å². The third-order valence-electron chi connectivity index (χ3n) is 4.09. The fourth-order valence-electron chi connectivity index (χ4n) is 2.87. The van der Waals surface area contributed by atoms with E-state index in [1.165, 1.54) is 36.1 Å². The van der Waals surface area contributed by atoms with E-state index < -0.39 is 0 Å². The zero-order valence-corrected chi connectivity index (χ0v) is 11.5. The molecule has 1 N–H and O–H groups in total. The average molecular weight is 254 g/mol. The number of benzene rings is 1. The van der Waals surface area contributed by atoms with Crippen LogP contribution in [0.25, 0.3) is 0 Å².